The van der Waals surface area contributed by atoms with Gasteiger partial charge in [0.2, 0.25) is 0 Å². The van der Waals surface area contributed by atoms with E-state index in [0.717, 1.165) is 10.4 Å². The lowest BCUT2D eigenvalue weighted by Gasteiger charge is -2.13. The lowest BCUT2D eigenvalue weighted by molar-refractivity contribution is -0.150. The van der Waals surface area contributed by atoms with E-state index in [1.54, 1.807) is 29.5 Å². The highest BCUT2D eigenvalue weighted by Gasteiger charge is 2.13. The van der Waals surface area contributed by atoms with E-state index in [1.807, 2.05) is 31.4 Å². The highest BCUT2D eigenvalue weighted by atomic mass is 35.5. The van der Waals surface area contributed by atoms with E-state index >= 15 is 0 Å². The fourth-order valence-electron chi connectivity index (χ4n) is 1.99. The van der Waals surface area contributed by atoms with Gasteiger partial charge in [-0.2, -0.15) is 0 Å². The monoisotopic (exact) mass is 367 g/mol. The van der Waals surface area contributed by atoms with Gasteiger partial charge in [-0.3, -0.25) is 4.79 Å². The fraction of sp³-hybridized carbons (Fsp3) is 0.294. The Morgan fingerprint density at radius 3 is 2.75 bits per heavy atom. The molecule has 1 aromatic carbocycles. The Kier molecular flexibility index (Phi) is 6.63. The van der Waals surface area contributed by atoms with Crippen molar-refractivity contribution in [1.29, 1.82) is 0 Å². The van der Waals surface area contributed by atoms with Crippen LogP contribution in [0.25, 0.3) is 0 Å². The molecule has 1 aromatic heterocycles. The summed E-state index contributed by atoms with van der Waals surface area (Å²) in [5, 5.41) is 5.30. The van der Waals surface area contributed by atoms with Crippen LogP contribution in [0.1, 0.15) is 23.4 Å². The molecular formula is C17H18ClNO4S. The van der Waals surface area contributed by atoms with Crippen molar-refractivity contribution in [3.8, 4) is 5.75 Å². The molecule has 128 valence electrons. The third-order valence-electron chi connectivity index (χ3n) is 3.19. The number of hydrogen-bond donors (Lipinski definition) is 1. The molecule has 7 heteroatoms. The molecule has 0 spiro atoms. The molecule has 0 bridgehead atoms. The average Bonchev–Trinajstić information content (AvgIpc) is 3.06. The maximum absolute atomic E-state index is 11.8. The molecular weight excluding hydrogens is 350 g/mol. The van der Waals surface area contributed by atoms with Crippen LogP contribution in [0.2, 0.25) is 5.02 Å². The number of ether oxygens (including phenoxy) is 2. The first-order valence-electron chi connectivity index (χ1n) is 7.33. The maximum Gasteiger partial charge on any atom is 0.344 e. The zero-order valence-electron chi connectivity index (χ0n) is 13.4. The van der Waals surface area contributed by atoms with Crippen molar-refractivity contribution >= 4 is 34.8 Å². The summed E-state index contributed by atoms with van der Waals surface area (Å²) in [5.41, 5.74) is 0.817. The zero-order chi connectivity index (χ0) is 17.5. The molecule has 0 saturated heterocycles. The molecule has 0 saturated carbocycles. The summed E-state index contributed by atoms with van der Waals surface area (Å²) in [5.74, 6) is -0.415. The summed E-state index contributed by atoms with van der Waals surface area (Å²) in [4.78, 5) is 24.5. The number of carbonyl (C=O) groups excluding carboxylic acids is 2. The summed E-state index contributed by atoms with van der Waals surface area (Å²) in [7, 11) is 0. The first-order valence-corrected chi connectivity index (χ1v) is 8.59. The van der Waals surface area contributed by atoms with Crippen molar-refractivity contribution in [2.45, 2.75) is 19.9 Å². The zero-order valence-corrected chi connectivity index (χ0v) is 14.9. The lowest BCUT2D eigenvalue weighted by atomic mass is 10.2. The van der Waals surface area contributed by atoms with Crippen molar-refractivity contribution in [3.63, 3.8) is 0 Å². The molecule has 1 amide bonds. The molecule has 0 aliphatic heterocycles. The average molecular weight is 368 g/mol. The molecule has 1 atom stereocenters. The number of halogens is 1. The van der Waals surface area contributed by atoms with Gasteiger partial charge in [0, 0.05) is 9.90 Å². The molecule has 0 aliphatic rings. The molecule has 24 heavy (non-hydrogen) atoms. The quantitative estimate of drug-likeness (QED) is 0.760. The van der Waals surface area contributed by atoms with Crippen LogP contribution < -0.4 is 10.1 Å². The van der Waals surface area contributed by atoms with Crippen molar-refractivity contribution in [2.75, 3.05) is 13.2 Å². The third kappa shape index (κ3) is 5.54. The van der Waals surface area contributed by atoms with Gasteiger partial charge in [0.25, 0.3) is 5.91 Å². The van der Waals surface area contributed by atoms with E-state index in [9.17, 15) is 9.59 Å². The minimum Gasteiger partial charge on any atom is -0.482 e. The molecule has 1 heterocycles. The maximum atomic E-state index is 11.8. The number of carbonyl (C=O) groups is 2. The van der Waals surface area contributed by atoms with Gasteiger partial charge in [0.15, 0.2) is 13.2 Å². The van der Waals surface area contributed by atoms with Crippen LogP contribution in [-0.2, 0) is 14.3 Å². The molecule has 5 nitrogen and oxygen atoms in total. The van der Waals surface area contributed by atoms with Gasteiger partial charge in [-0.25, -0.2) is 4.79 Å². The van der Waals surface area contributed by atoms with E-state index < -0.39 is 5.97 Å². The highest BCUT2D eigenvalue weighted by Crippen LogP contribution is 2.21. The van der Waals surface area contributed by atoms with Gasteiger partial charge >= 0.3 is 5.97 Å². The third-order valence-corrected chi connectivity index (χ3v) is 4.48. The van der Waals surface area contributed by atoms with Gasteiger partial charge in [0.05, 0.1) is 6.04 Å². The summed E-state index contributed by atoms with van der Waals surface area (Å²) in [6.45, 7) is 3.09. The molecule has 0 unspecified atom stereocenters. The predicted octanol–water partition coefficient (Wildman–Crippen LogP) is 3.51. The van der Waals surface area contributed by atoms with Crippen LogP contribution in [0, 0.1) is 6.92 Å². The standard InChI is InChI=1S/C17H18ClNO4S/c1-11-8-13(18)5-6-14(11)22-10-17(21)23-9-16(20)19-12(2)15-4-3-7-24-15/h3-8,12H,9-10H2,1-2H3,(H,19,20)/t12-/m0/s1. The molecule has 2 aromatic rings. The van der Waals surface area contributed by atoms with Crippen LogP contribution in [0.15, 0.2) is 35.7 Å². The van der Waals surface area contributed by atoms with Crippen LogP contribution in [0.3, 0.4) is 0 Å². The molecule has 0 aliphatic carbocycles. The van der Waals surface area contributed by atoms with Crippen LogP contribution in [0.4, 0.5) is 0 Å². The number of thiophene rings is 1. The minimum atomic E-state index is -0.608. The van der Waals surface area contributed by atoms with Gasteiger partial charge in [-0.15, -0.1) is 11.3 Å². The lowest BCUT2D eigenvalue weighted by Crippen LogP contribution is -2.31. The number of esters is 1. The van der Waals surface area contributed by atoms with Crippen molar-refractivity contribution in [1.82, 2.24) is 5.32 Å². The molecule has 1 N–H and O–H groups in total. The highest BCUT2D eigenvalue weighted by molar-refractivity contribution is 7.10. The summed E-state index contributed by atoms with van der Waals surface area (Å²) < 4.78 is 10.3. The van der Waals surface area contributed by atoms with Crippen LogP contribution in [0.5, 0.6) is 5.75 Å². The van der Waals surface area contributed by atoms with Crippen LogP contribution >= 0.6 is 22.9 Å². The number of hydrogen-bond acceptors (Lipinski definition) is 5. The smallest absolute Gasteiger partial charge is 0.344 e. The first-order chi connectivity index (χ1) is 11.5. The Morgan fingerprint density at radius 2 is 2.08 bits per heavy atom. The van der Waals surface area contributed by atoms with E-state index in [4.69, 9.17) is 21.1 Å². The SMILES string of the molecule is Cc1cc(Cl)ccc1OCC(=O)OCC(=O)N[C@@H](C)c1cccs1. The van der Waals surface area contributed by atoms with E-state index in [2.05, 4.69) is 5.32 Å². The van der Waals surface area contributed by atoms with E-state index in [1.165, 1.54) is 0 Å². The summed E-state index contributed by atoms with van der Waals surface area (Å²) in [6.07, 6.45) is 0. The number of aryl methyl sites for hydroxylation is 1. The first kappa shape index (κ1) is 18.3. The normalized spacial score (nSPS) is 11.6. The Bertz CT molecular complexity index is 703. The second-order valence-corrected chi connectivity index (χ2v) is 6.58. The number of benzene rings is 1. The van der Waals surface area contributed by atoms with Gasteiger partial charge in [-0.05, 0) is 49.1 Å². The number of nitrogens with one attached hydrogen (secondary N) is 1. The molecule has 0 fully saturated rings. The largest absolute Gasteiger partial charge is 0.482 e. The number of rotatable bonds is 7. The Balaban J connectivity index is 1.71. The van der Waals surface area contributed by atoms with Crippen molar-refractivity contribution in [2.24, 2.45) is 0 Å². The Hall–Kier alpha value is -2.05. The molecule has 0 radical (unpaired) electrons. The van der Waals surface area contributed by atoms with E-state index in [0.29, 0.717) is 10.8 Å². The fourth-order valence-corrected chi connectivity index (χ4v) is 2.95. The van der Waals surface area contributed by atoms with E-state index in [-0.39, 0.29) is 25.2 Å². The number of amides is 1. The Labute approximate surface area is 149 Å². The van der Waals surface area contributed by atoms with Gasteiger partial charge in [-0.1, -0.05) is 17.7 Å². The predicted molar refractivity (Wildman–Crippen MR) is 93.5 cm³/mol. The second kappa shape index (κ2) is 8.70. The molecule has 2 rings (SSSR count). The minimum absolute atomic E-state index is 0.121. The van der Waals surface area contributed by atoms with Gasteiger partial charge < -0.3 is 14.8 Å². The van der Waals surface area contributed by atoms with Gasteiger partial charge in [0.1, 0.15) is 5.75 Å². The topological polar surface area (TPSA) is 64.6 Å². The summed E-state index contributed by atoms with van der Waals surface area (Å²) in [6, 6.07) is 8.82. The van der Waals surface area contributed by atoms with Crippen molar-refractivity contribution < 1.29 is 19.1 Å². The van der Waals surface area contributed by atoms with Crippen LogP contribution in [-0.4, -0.2) is 25.1 Å². The second-order valence-electron chi connectivity index (χ2n) is 5.16. The summed E-state index contributed by atoms with van der Waals surface area (Å²) >= 11 is 7.41. The van der Waals surface area contributed by atoms with Crippen molar-refractivity contribution in [3.05, 3.63) is 51.2 Å². The Morgan fingerprint density at radius 1 is 1.29 bits per heavy atom.